The van der Waals surface area contributed by atoms with Crippen LogP contribution >= 0.6 is 11.6 Å². The van der Waals surface area contributed by atoms with Gasteiger partial charge in [-0.25, -0.2) is 21.6 Å². The Bertz CT molecular complexity index is 1300. The molecule has 2 aliphatic carbocycles. The Labute approximate surface area is 210 Å². The molecular weight excluding hydrogens is 523 g/mol. The van der Waals surface area contributed by atoms with E-state index in [1.54, 1.807) is 0 Å². The molecule has 2 saturated carbocycles. The number of fused-ring (bicyclic) bond motifs is 2. The number of carbonyl (C=O) groups is 2. The summed E-state index contributed by atoms with van der Waals surface area (Å²) in [4.78, 5) is 23.6. The number of aliphatic hydroxyl groups is 1. The molecule has 2 bridgehead atoms. The van der Waals surface area contributed by atoms with E-state index in [2.05, 4.69) is 5.32 Å². The summed E-state index contributed by atoms with van der Waals surface area (Å²) in [7, 11) is -4.06. The van der Waals surface area contributed by atoms with Crippen LogP contribution in [0.15, 0.2) is 35.2 Å². The van der Waals surface area contributed by atoms with Crippen LogP contribution in [0.4, 0.5) is 18.9 Å². The lowest BCUT2D eigenvalue weighted by molar-refractivity contribution is -0.152. The summed E-state index contributed by atoms with van der Waals surface area (Å²) >= 11 is 6.22. The van der Waals surface area contributed by atoms with Crippen molar-refractivity contribution in [3.63, 3.8) is 0 Å². The number of hydrogen-bond acceptors (Lipinski definition) is 6. The fraction of sp³-hybridized carbons (Fsp3) is 0.417. The minimum absolute atomic E-state index is 0.106. The van der Waals surface area contributed by atoms with E-state index >= 15 is 0 Å². The standard InChI is InChI=1S/C24H23ClF3NO6S/c1-12(30)35-11-24(32)9-14-2-3-15(10-24)22(14)36(33,34)20-6-13(4-5-17(20)25)23(31)29-16-7-18(26)21(28)19(27)8-16/h4-8,14-15,22,32H,2-3,9-11H2,1H3,(H,29,31)/t14-,15?,22?,24?/m1/s1. The first kappa shape index (κ1) is 26.4. The zero-order valence-electron chi connectivity index (χ0n) is 19.1. The molecule has 12 heteroatoms. The maximum Gasteiger partial charge on any atom is 0.302 e. The van der Waals surface area contributed by atoms with Gasteiger partial charge in [0, 0.05) is 30.3 Å². The van der Waals surface area contributed by atoms with Gasteiger partial charge < -0.3 is 15.2 Å². The predicted octanol–water partition coefficient (Wildman–Crippen LogP) is 4.27. The first-order chi connectivity index (χ1) is 16.8. The van der Waals surface area contributed by atoms with E-state index in [9.17, 15) is 36.3 Å². The normalized spacial score (nSPS) is 25.4. The van der Waals surface area contributed by atoms with E-state index in [-0.39, 0.29) is 40.6 Å². The second kappa shape index (κ2) is 9.68. The third-order valence-corrected chi connectivity index (χ3v) is 9.64. The summed E-state index contributed by atoms with van der Waals surface area (Å²) in [5.41, 5.74) is -1.82. The van der Waals surface area contributed by atoms with E-state index in [0.29, 0.717) is 25.0 Å². The number of esters is 1. The van der Waals surface area contributed by atoms with Crippen molar-refractivity contribution < 1.29 is 41.0 Å². The number of hydrogen-bond donors (Lipinski definition) is 2. The van der Waals surface area contributed by atoms with Crippen LogP contribution in [0.1, 0.15) is 43.0 Å². The van der Waals surface area contributed by atoms with Crippen LogP contribution in [-0.4, -0.2) is 42.9 Å². The Kier molecular flexibility index (Phi) is 7.11. The van der Waals surface area contributed by atoms with E-state index in [1.807, 2.05) is 0 Å². The lowest BCUT2D eigenvalue weighted by atomic mass is 9.77. The van der Waals surface area contributed by atoms with Crippen LogP contribution < -0.4 is 5.32 Å². The van der Waals surface area contributed by atoms with Gasteiger partial charge >= 0.3 is 5.97 Å². The van der Waals surface area contributed by atoms with Crippen LogP contribution in [0.25, 0.3) is 0 Å². The molecule has 194 valence electrons. The summed E-state index contributed by atoms with van der Waals surface area (Å²) in [5, 5.41) is 12.1. The molecule has 0 aliphatic heterocycles. The minimum Gasteiger partial charge on any atom is -0.463 e. The van der Waals surface area contributed by atoms with Crippen molar-refractivity contribution in [1.82, 2.24) is 0 Å². The second-order valence-electron chi connectivity index (χ2n) is 9.37. The first-order valence-corrected chi connectivity index (χ1v) is 13.1. The van der Waals surface area contributed by atoms with Crippen LogP contribution in [-0.2, 0) is 19.4 Å². The van der Waals surface area contributed by atoms with Gasteiger partial charge in [0.2, 0.25) is 0 Å². The Morgan fingerprint density at radius 2 is 1.69 bits per heavy atom. The highest BCUT2D eigenvalue weighted by atomic mass is 35.5. The summed E-state index contributed by atoms with van der Waals surface area (Å²) in [5.74, 6) is -6.91. The van der Waals surface area contributed by atoms with Gasteiger partial charge in [-0.05, 0) is 55.7 Å². The van der Waals surface area contributed by atoms with E-state index in [1.165, 1.54) is 19.1 Å². The molecule has 4 rings (SSSR count). The van der Waals surface area contributed by atoms with Gasteiger partial charge in [-0.3, -0.25) is 9.59 Å². The van der Waals surface area contributed by atoms with Gasteiger partial charge in [-0.15, -0.1) is 0 Å². The number of amides is 1. The van der Waals surface area contributed by atoms with E-state index in [4.69, 9.17) is 16.3 Å². The molecule has 0 saturated heterocycles. The van der Waals surface area contributed by atoms with Crippen molar-refractivity contribution in [2.45, 2.75) is 48.4 Å². The highest BCUT2D eigenvalue weighted by Gasteiger charge is 2.54. The SMILES string of the molecule is CC(=O)OCC1(O)CC2CC[C@H](C1)C2S(=O)(=O)c1cc(C(=O)Nc2cc(F)c(F)c(F)c2)ccc1Cl. The lowest BCUT2D eigenvalue weighted by Crippen LogP contribution is -2.48. The molecule has 2 N–H and O–H groups in total. The molecule has 4 atom stereocenters. The molecule has 1 amide bonds. The van der Waals surface area contributed by atoms with Crippen molar-refractivity contribution in [3.8, 4) is 0 Å². The topological polar surface area (TPSA) is 110 Å². The molecule has 2 aromatic rings. The Morgan fingerprint density at radius 1 is 1.11 bits per heavy atom. The smallest absolute Gasteiger partial charge is 0.302 e. The van der Waals surface area contributed by atoms with Crippen LogP contribution in [0, 0.1) is 29.3 Å². The van der Waals surface area contributed by atoms with E-state index in [0.717, 1.165) is 6.07 Å². The van der Waals surface area contributed by atoms with Crippen molar-refractivity contribution in [3.05, 3.63) is 58.4 Å². The highest BCUT2D eigenvalue weighted by Crippen LogP contribution is 2.51. The molecule has 3 unspecified atom stereocenters. The first-order valence-electron chi connectivity index (χ1n) is 11.2. The maximum absolute atomic E-state index is 13.7. The van der Waals surface area contributed by atoms with Crippen molar-refractivity contribution in [2.24, 2.45) is 11.8 Å². The molecule has 2 aliphatic rings. The van der Waals surface area contributed by atoms with Gasteiger partial charge in [-0.1, -0.05) is 11.6 Å². The minimum atomic E-state index is -4.06. The van der Waals surface area contributed by atoms with E-state index < -0.39 is 61.9 Å². The Hall–Kier alpha value is -2.63. The molecule has 7 nitrogen and oxygen atoms in total. The molecule has 2 fully saturated rings. The third kappa shape index (κ3) is 5.09. The average Bonchev–Trinajstić information content (AvgIpc) is 3.09. The Balaban J connectivity index is 1.59. The zero-order chi connectivity index (χ0) is 26.4. The Morgan fingerprint density at radius 3 is 2.25 bits per heavy atom. The lowest BCUT2D eigenvalue weighted by Gasteiger charge is -2.40. The molecule has 0 heterocycles. The summed E-state index contributed by atoms with van der Waals surface area (Å²) in [6.45, 7) is 1.01. The second-order valence-corrected chi connectivity index (χ2v) is 11.9. The van der Waals surface area contributed by atoms with Gasteiger partial charge in [0.05, 0.1) is 20.8 Å². The molecular formula is C24H23ClF3NO6S. The van der Waals surface area contributed by atoms with Gasteiger partial charge in [0.1, 0.15) is 6.61 Å². The summed E-state index contributed by atoms with van der Waals surface area (Å²) in [6, 6.07) is 4.76. The monoisotopic (exact) mass is 545 g/mol. The number of halogens is 4. The highest BCUT2D eigenvalue weighted by molar-refractivity contribution is 7.92. The fourth-order valence-corrected chi connectivity index (χ4v) is 8.18. The van der Waals surface area contributed by atoms with Crippen molar-refractivity contribution >= 4 is 39.0 Å². The number of anilines is 1. The molecule has 0 spiro atoms. The fourth-order valence-electron chi connectivity index (χ4n) is 5.34. The summed E-state index contributed by atoms with van der Waals surface area (Å²) < 4.78 is 72.5. The number of ether oxygens (including phenoxy) is 1. The average molecular weight is 546 g/mol. The molecule has 2 aromatic carbocycles. The molecule has 0 aromatic heterocycles. The number of carbonyl (C=O) groups excluding carboxylic acids is 2. The third-order valence-electron chi connectivity index (χ3n) is 6.77. The van der Waals surface area contributed by atoms with Crippen LogP contribution in [0.5, 0.6) is 0 Å². The maximum atomic E-state index is 13.7. The predicted molar refractivity (Wildman–Crippen MR) is 124 cm³/mol. The molecule has 36 heavy (non-hydrogen) atoms. The van der Waals surface area contributed by atoms with Crippen molar-refractivity contribution in [2.75, 3.05) is 11.9 Å². The van der Waals surface area contributed by atoms with Crippen molar-refractivity contribution in [1.29, 1.82) is 0 Å². The number of nitrogens with one attached hydrogen (secondary N) is 1. The number of benzene rings is 2. The van der Waals surface area contributed by atoms with Gasteiger partial charge in [-0.2, -0.15) is 0 Å². The van der Waals surface area contributed by atoms with Crippen LogP contribution in [0.2, 0.25) is 5.02 Å². The largest absolute Gasteiger partial charge is 0.463 e. The summed E-state index contributed by atoms with van der Waals surface area (Å²) in [6.07, 6.45) is 1.35. The van der Waals surface area contributed by atoms with Crippen LogP contribution in [0.3, 0.4) is 0 Å². The molecule has 0 radical (unpaired) electrons. The number of rotatable bonds is 6. The quantitative estimate of drug-likeness (QED) is 0.414. The van der Waals surface area contributed by atoms with Gasteiger partial charge in [0.25, 0.3) is 5.91 Å². The van der Waals surface area contributed by atoms with Gasteiger partial charge in [0.15, 0.2) is 27.3 Å². The zero-order valence-corrected chi connectivity index (χ0v) is 20.6. The number of sulfone groups is 1.